The van der Waals surface area contributed by atoms with Gasteiger partial charge in [0.05, 0.1) is 28.4 Å². The number of methoxy groups -OCH3 is 4. The zero-order valence-electron chi connectivity index (χ0n) is 17.1. The molecule has 8 heteroatoms. The Bertz CT molecular complexity index is 941. The molecule has 0 aliphatic rings. The summed E-state index contributed by atoms with van der Waals surface area (Å²) in [5.74, 6) is 1.89. The first kappa shape index (κ1) is 23.1. The van der Waals surface area contributed by atoms with Crippen molar-refractivity contribution >= 4 is 43.2 Å². The van der Waals surface area contributed by atoms with Crippen LogP contribution in [0, 0.1) is 0 Å². The molecule has 6 nitrogen and oxygen atoms in total. The van der Waals surface area contributed by atoms with E-state index in [1.165, 1.54) is 7.11 Å². The lowest BCUT2D eigenvalue weighted by Crippen LogP contribution is -2.11. The molecular weight excluding hydrogens is 506 g/mol. The molecule has 0 atom stereocenters. The van der Waals surface area contributed by atoms with Crippen LogP contribution in [-0.2, 0) is 0 Å². The number of hydrogen-bond acceptors (Lipinski definition) is 6. The molecule has 2 rings (SSSR count). The Morgan fingerprint density at radius 1 is 0.759 bits per heavy atom. The van der Waals surface area contributed by atoms with Crippen LogP contribution in [0.15, 0.2) is 39.4 Å². The molecule has 0 aliphatic heterocycles. The molecule has 0 aliphatic carbocycles. The van der Waals surface area contributed by atoms with E-state index < -0.39 is 0 Å². The van der Waals surface area contributed by atoms with Crippen LogP contribution in [0.1, 0.15) is 15.9 Å². The number of halogens is 2. The third kappa shape index (κ3) is 5.05. The van der Waals surface area contributed by atoms with Crippen molar-refractivity contribution in [2.75, 3.05) is 42.5 Å². The van der Waals surface area contributed by atoms with E-state index in [0.717, 1.165) is 0 Å². The normalized spacial score (nSPS) is 11.1. The zero-order chi connectivity index (χ0) is 21.7. The summed E-state index contributed by atoms with van der Waals surface area (Å²) in [4.78, 5) is 15.4. The first-order valence-corrected chi connectivity index (χ1v) is 10.1. The standard InChI is InChI=1S/C21H23Br2NO5/c1-24(2)11-14(12-7-17(26-3)19(28-5)9-15(12)22)21(25)13-8-18(27-4)20(29-6)10-16(13)23/h7-11H,1-6H3/b14-11+. The summed E-state index contributed by atoms with van der Waals surface area (Å²) in [5, 5.41) is 0. The van der Waals surface area contributed by atoms with Gasteiger partial charge in [-0.05, 0) is 40.2 Å². The van der Waals surface area contributed by atoms with Gasteiger partial charge in [0.25, 0.3) is 0 Å². The summed E-state index contributed by atoms with van der Waals surface area (Å²) in [6, 6.07) is 6.91. The van der Waals surface area contributed by atoms with Crippen molar-refractivity contribution in [2.24, 2.45) is 0 Å². The van der Waals surface area contributed by atoms with E-state index in [1.54, 1.807) is 51.8 Å². The fourth-order valence-corrected chi connectivity index (χ4v) is 3.78. The van der Waals surface area contributed by atoms with Gasteiger partial charge in [0.15, 0.2) is 28.8 Å². The molecule has 0 unspecified atom stereocenters. The van der Waals surface area contributed by atoms with Crippen LogP contribution >= 0.6 is 31.9 Å². The molecule has 156 valence electrons. The number of allylic oxidation sites excluding steroid dienone is 1. The topological polar surface area (TPSA) is 57.2 Å². The molecule has 0 spiro atoms. The lowest BCUT2D eigenvalue weighted by atomic mass is 9.96. The summed E-state index contributed by atoms with van der Waals surface area (Å²) in [5.41, 5.74) is 1.58. The molecule has 2 aromatic rings. The van der Waals surface area contributed by atoms with Crippen molar-refractivity contribution in [1.82, 2.24) is 4.90 Å². The highest BCUT2D eigenvalue weighted by atomic mass is 79.9. The van der Waals surface area contributed by atoms with Crippen LogP contribution in [0.3, 0.4) is 0 Å². The Morgan fingerprint density at radius 3 is 1.55 bits per heavy atom. The van der Waals surface area contributed by atoms with Crippen molar-refractivity contribution < 1.29 is 23.7 Å². The fourth-order valence-electron chi connectivity index (χ4n) is 2.74. The smallest absolute Gasteiger partial charge is 0.196 e. The Hall–Kier alpha value is -2.19. The maximum Gasteiger partial charge on any atom is 0.196 e. The number of carbonyl (C=O) groups is 1. The highest BCUT2D eigenvalue weighted by molar-refractivity contribution is 9.10. The average Bonchev–Trinajstić information content (AvgIpc) is 2.70. The fraction of sp³-hybridized carbons (Fsp3) is 0.286. The van der Waals surface area contributed by atoms with Crippen LogP contribution in [0.25, 0.3) is 5.57 Å². The highest BCUT2D eigenvalue weighted by Crippen LogP contribution is 2.40. The van der Waals surface area contributed by atoms with Crippen molar-refractivity contribution in [3.05, 3.63) is 50.5 Å². The number of hydrogen-bond donors (Lipinski definition) is 0. The predicted molar refractivity (Wildman–Crippen MR) is 120 cm³/mol. The van der Waals surface area contributed by atoms with Crippen molar-refractivity contribution in [3.63, 3.8) is 0 Å². The van der Waals surface area contributed by atoms with Crippen LogP contribution < -0.4 is 18.9 Å². The maximum atomic E-state index is 13.6. The van der Waals surface area contributed by atoms with E-state index in [2.05, 4.69) is 31.9 Å². The maximum absolute atomic E-state index is 13.6. The van der Waals surface area contributed by atoms with Gasteiger partial charge in [-0.2, -0.15) is 0 Å². The second-order valence-corrected chi connectivity index (χ2v) is 7.92. The Balaban J connectivity index is 2.68. The molecule has 0 heterocycles. The molecule has 0 amide bonds. The van der Waals surface area contributed by atoms with Crippen LogP contribution in [0.2, 0.25) is 0 Å². The van der Waals surface area contributed by atoms with Crippen molar-refractivity contribution in [2.45, 2.75) is 0 Å². The van der Waals surface area contributed by atoms with Crippen LogP contribution in [0.5, 0.6) is 23.0 Å². The van der Waals surface area contributed by atoms with Crippen LogP contribution in [-0.4, -0.2) is 53.2 Å². The number of rotatable bonds is 8. The van der Waals surface area contributed by atoms with E-state index in [4.69, 9.17) is 18.9 Å². The van der Waals surface area contributed by atoms with Gasteiger partial charge in [0.1, 0.15) is 0 Å². The summed E-state index contributed by atoms with van der Waals surface area (Å²) < 4.78 is 22.7. The van der Waals surface area contributed by atoms with Gasteiger partial charge >= 0.3 is 0 Å². The number of ketones is 1. The first-order valence-electron chi connectivity index (χ1n) is 8.53. The van der Waals surface area contributed by atoms with Gasteiger partial charge in [0.2, 0.25) is 0 Å². The molecule has 0 fully saturated rings. The summed E-state index contributed by atoms with van der Waals surface area (Å²) in [7, 11) is 9.90. The van der Waals surface area contributed by atoms with Gasteiger partial charge in [0, 0.05) is 45.9 Å². The molecule has 0 aromatic heterocycles. The number of Topliss-reactive ketones (excluding diaryl/α,β-unsaturated/α-hetero) is 1. The molecule has 0 N–H and O–H groups in total. The second-order valence-electron chi connectivity index (χ2n) is 6.21. The molecule has 2 aromatic carbocycles. The number of benzene rings is 2. The third-order valence-electron chi connectivity index (χ3n) is 4.11. The van der Waals surface area contributed by atoms with Crippen molar-refractivity contribution in [3.8, 4) is 23.0 Å². The van der Waals surface area contributed by atoms with E-state index in [1.807, 2.05) is 19.0 Å². The van der Waals surface area contributed by atoms with Gasteiger partial charge in [-0.1, -0.05) is 15.9 Å². The minimum absolute atomic E-state index is 0.195. The number of nitrogens with zero attached hydrogens (tertiary/aromatic N) is 1. The predicted octanol–water partition coefficient (Wildman–Crippen LogP) is 5.03. The van der Waals surface area contributed by atoms with E-state index in [-0.39, 0.29) is 5.78 Å². The molecule has 0 bridgehead atoms. The summed E-state index contributed by atoms with van der Waals surface area (Å²) in [6.07, 6.45) is 1.76. The van der Waals surface area contributed by atoms with E-state index >= 15 is 0 Å². The van der Waals surface area contributed by atoms with Crippen molar-refractivity contribution in [1.29, 1.82) is 0 Å². The molecule has 29 heavy (non-hydrogen) atoms. The summed E-state index contributed by atoms with van der Waals surface area (Å²) in [6.45, 7) is 0. The van der Waals surface area contributed by atoms with Gasteiger partial charge in [-0.3, -0.25) is 4.79 Å². The summed E-state index contributed by atoms with van der Waals surface area (Å²) >= 11 is 7.02. The van der Waals surface area contributed by atoms with Crippen LogP contribution in [0.4, 0.5) is 0 Å². The Morgan fingerprint density at radius 2 is 1.14 bits per heavy atom. The molecule has 0 saturated heterocycles. The second kappa shape index (κ2) is 10.0. The van der Waals surface area contributed by atoms with Gasteiger partial charge in [-0.15, -0.1) is 0 Å². The third-order valence-corrected chi connectivity index (χ3v) is 5.43. The quantitative estimate of drug-likeness (QED) is 0.354. The first-order chi connectivity index (χ1) is 13.8. The highest BCUT2D eigenvalue weighted by Gasteiger charge is 2.23. The molecular formula is C21H23Br2NO5. The van der Waals surface area contributed by atoms with E-state index in [0.29, 0.717) is 48.6 Å². The number of carbonyl (C=O) groups excluding carboxylic acids is 1. The Labute approximate surface area is 187 Å². The Kier molecular flexibility index (Phi) is 7.98. The molecule has 0 radical (unpaired) electrons. The minimum Gasteiger partial charge on any atom is -0.493 e. The largest absolute Gasteiger partial charge is 0.493 e. The molecule has 0 saturated carbocycles. The lowest BCUT2D eigenvalue weighted by molar-refractivity contribution is 0.105. The minimum atomic E-state index is -0.195. The lowest BCUT2D eigenvalue weighted by Gasteiger charge is -2.17. The zero-order valence-corrected chi connectivity index (χ0v) is 20.3. The average molecular weight is 529 g/mol. The van der Waals surface area contributed by atoms with E-state index in [9.17, 15) is 4.79 Å². The van der Waals surface area contributed by atoms with Gasteiger partial charge < -0.3 is 23.8 Å². The monoisotopic (exact) mass is 527 g/mol. The number of ether oxygens (including phenoxy) is 4. The SMILES string of the molecule is COc1cc(Br)c(C(=O)/C(=C/N(C)C)c2cc(OC)c(OC)cc2Br)cc1OC. The van der Waals surface area contributed by atoms with Gasteiger partial charge in [-0.25, -0.2) is 0 Å².